The summed E-state index contributed by atoms with van der Waals surface area (Å²) >= 11 is 0. The summed E-state index contributed by atoms with van der Waals surface area (Å²) in [5.74, 6) is 0.355. The summed E-state index contributed by atoms with van der Waals surface area (Å²) in [5, 5.41) is 4.19. The molecule has 0 spiro atoms. The summed E-state index contributed by atoms with van der Waals surface area (Å²) in [7, 11) is 0. The third-order valence-electron chi connectivity index (χ3n) is 2.98. The predicted octanol–water partition coefficient (Wildman–Crippen LogP) is 2.84. The number of aldehydes is 1. The fourth-order valence-corrected chi connectivity index (χ4v) is 2.08. The highest BCUT2D eigenvalue weighted by molar-refractivity contribution is 6.29. The predicted molar refractivity (Wildman–Crippen MR) is 65.5 cm³/mol. The number of carbonyl (C=O) groups excluding carboxylic acids is 1. The van der Waals surface area contributed by atoms with Crippen LogP contribution in [0.3, 0.4) is 0 Å². The first-order chi connectivity index (χ1) is 7.90. The summed E-state index contributed by atoms with van der Waals surface area (Å²) in [4.78, 5) is 10.9. The third kappa shape index (κ3) is 2.69. The van der Waals surface area contributed by atoms with E-state index in [1.165, 1.54) is 12.8 Å². The van der Waals surface area contributed by atoms with Crippen molar-refractivity contribution < 1.29 is 4.79 Å². The van der Waals surface area contributed by atoms with Gasteiger partial charge < -0.3 is 0 Å². The van der Waals surface area contributed by atoms with E-state index in [1.54, 1.807) is 0 Å². The summed E-state index contributed by atoms with van der Waals surface area (Å²) < 4.78 is 0. The summed E-state index contributed by atoms with van der Waals surface area (Å²) in [5.41, 5.74) is 4.50. The molecule has 1 aromatic carbocycles. The van der Waals surface area contributed by atoms with E-state index < -0.39 is 0 Å². The number of benzene rings is 1. The Bertz CT molecular complexity index is 367. The standard InChI is InChI=1S/C13H16N2O/c16-10-13(11-6-4-5-7-11)15-14-12-8-2-1-3-9-12/h1-3,8-11,14H,4-7H2/b15-13+. The molecule has 1 aliphatic carbocycles. The molecule has 16 heavy (non-hydrogen) atoms. The van der Waals surface area contributed by atoms with Gasteiger partial charge in [0.2, 0.25) is 0 Å². The molecule has 3 heteroatoms. The molecule has 3 nitrogen and oxygen atoms in total. The van der Waals surface area contributed by atoms with Crippen LogP contribution in [0.2, 0.25) is 0 Å². The molecule has 1 saturated carbocycles. The third-order valence-corrected chi connectivity index (χ3v) is 2.98. The van der Waals surface area contributed by atoms with Crippen molar-refractivity contribution in [2.24, 2.45) is 11.0 Å². The van der Waals surface area contributed by atoms with Gasteiger partial charge in [-0.25, -0.2) is 0 Å². The second-order valence-corrected chi connectivity index (χ2v) is 4.11. The fraction of sp³-hybridized carbons (Fsp3) is 0.385. The molecule has 1 N–H and O–H groups in total. The van der Waals surface area contributed by atoms with Gasteiger partial charge in [-0.3, -0.25) is 10.2 Å². The smallest absolute Gasteiger partial charge is 0.166 e. The molecule has 0 radical (unpaired) electrons. The number of nitrogens with zero attached hydrogens (tertiary/aromatic N) is 1. The Morgan fingerprint density at radius 2 is 1.94 bits per heavy atom. The van der Waals surface area contributed by atoms with Crippen molar-refractivity contribution in [1.29, 1.82) is 0 Å². The van der Waals surface area contributed by atoms with Gasteiger partial charge >= 0.3 is 0 Å². The van der Waals surface area contributed by atoms with Gasteiger partial charge in [0, 0.05) is 5.92 Å². The molecule has 2 rings (SSSR count). The number of hydrogen-bond acceptors (Lipinski definition) is 3. The highest BCUT2D eigenvalue weighted by atomic mass is 16.1. The Morgan fingerprint density at radius 1 is 1.25 bits per heavy atom. The van der Waals surface area contributed by atoms with Gasteiger partial charge in [0.1, 0.15) is 5.71 Å². The highest BCUT2D eigenvalue weighted by Crippen LogP contribution is 2.25. The maximum absolute atomic E-state index is 10.9. The van der Waals surface area contributed by atoms with E-state index in [-0.39, 0.29) is 0 Å². The average Bonchev–Trinajstić information content (AvgIpc) is 2.85. The van der Waals surface area contributed by atoms with Gasteiger partial charge in [-0.1, -0.05) is 31.0 Å². The van der Waals surface area contributed by atoms with Crippen molar-refractivity contribution in [3.63, 3.8) is 0 Å². The van der Waals surface area contributed by atoms with Crippen LogP contribution in [0.1, 0.15) is 25.7 Å². The summed E-state index contributed by atoms with van der Waals surface area (Å²) in [6.07, 6.45) is 5.49. The molecule has 0 heterocycles. The summed E-state index contributed by atoms with van der Waals surface area (Å²) in [6.45, 7) is 0. The maximum atomic E-state index is 10.9. The number of hydrazone groups is 1. The van der Waals surface area contributed by atoms with E-state index >= 15 is 0 Å². The molecule has 0 saturated heterocycles. The lowest BCUT2D eigenvalue weighted by Gasteiger charge is -2.07. The minimum absolute atomic E-state index is 0.355. The Morgan fingerprint density at radius 3 is 2.56 bits per heavy atom. The van der Waals surface area contributed by atoms with Crippen LogP contribution in [0, 0.1) is 5.92 Å². The van der Waals surface area contributed by atoms with Crippen LogP contribution in [0.4, 0.5) is 5.69 Å². The van der Waals surface area contributed by atoms with Gasteiger partial charge in [0.05, 0.1) is 5.69 Å². The number of rotatable bonds is 4. The van der Waals surface area contributed by atoms with Crippen LogP contribution in [-0.2, 0) is 4.79 Å². The van der Waals surface area contributed by atoms with E-state index in [0.29, 0.717) is 11.6 Å². The lowest BCUT2D eigenvalue weighted by Crippen LogP contribution is -2.14. The van der Waals surface area contributed by atoms with Crippen molar-refractivity contribution in [1.82, 2.24) is 0 Å². The van der Waals surface area contributed by atoms with Crippen molar-refractivity contribution >= 4 is 17.7 Å². The largest absolute Gasteiger partial charge is 0.296 e. The van der Waals surface area contributed by atoms with Crippen LogP contribution in [0.5, 0.6) is 0 Å². The lowest BCUT2D eigenvalue weighted by molar-refractivity contribution is -0.103. The van der Waals surface area contributed by atoms with Crippen LogP contribution in [0.15, 0.2) is 35.4 Å². The minimum atomic E-state index is 0.355. The van der Waals surface area contributed by atoms with E-state index in [0.717, 1.165) is 24.8 Å². The van der Waals surface area contributed by atoms with Crippen LogP contribution in [0.25, 0.3) is 0 Å². The van der Waals surface area contributed by atoms with Crippen LogP contribution >= 0.6 is 0 Å². The highest BCUT2D eigenvalue weighted by Gasteiger charge is 2.20. The number of carbonyl (C=O) groups is 1. The Hall–Kier alpha value is -1.64. The van der Waals surface area contributed by atoms with Gasteiger partial charge in [-0.15, -0.1) is 0 Å². The van der Waals surface area contributed by atoms with Gasteiger partial charge in [-0.2, -0.15) is 5.10 Å². The normalized spacial score (nSPS) is 17.4. The lowest BCUT2D eigenvalue weighted by atomic mass is 10.0. The van der Waals surface area contributed by atoms with Gasteiger partial charge in [-0.05, 0) is 25.0 Å². The van der Waals surface area contributed by atoms with Crippen molar-refractivity contribution in [2.75, 3.05) is 5.43 Å². The van der Waals surface area contributed by atoms with E-state index in [4.69, 9.17) is 0 Å². The molecule has 0 bridgehead atoms. The van der Waals surface area contributed by atoms with E-state index in [2.05, 4.69) is 10.5 Å². The molecule has 0 amide bonds. The second-order valence-electron chi connectivity index (χ2n) is 4.11. The van der Waals surface area contributed by atoms with Gasteiger partial charge in [0.25, 0.3) is 0 Å². The summed E-state index contributed by atoms with van der Waals surface area (Å²) in [6, 6.07) is 9.69. The molecule has 0 aromatic heterocycles. The molecule has 84 valence electrons. The first-order valence-corrected chi connectivity index (χ1v) is 5.74. The Kier molecular flexibility index (Phi) is 3.70. The van der Waals surface area contributed by atoms with Crippen LogP contribution in [-0.4, -0.2) is 12.0 Å². The molecular formula is C13H16N2O. The Balaban J connectivity index is 2.01. The van der Waals surface area contributed by atoms with Crippen molar-refractivity contribution in [3.05, 3.63) is 30.3 Å². The number of nitrogens with one attached hydrogen (secondary N) is 1. The second kappa shape index (κ2) is 5.45. The molecular weight excluding hydrogens is 200 g/mol. The molecule has 1 fully saturated rings. The quantitative estimate of drug-likeness (QED) is 0.477. The minimum Gasteiger partial charge on any atom is -0.296 e. The zero-order chi connectivity index (χ0) is 11.2. The molecule has 0 aliphatic heterocycles. The topological polar surface area (TPSA) is 41.5 Å². The Labute approximate surface area is 95.6 Å². The molecule has 0 atom stereocenters. The van der Waals surface area contributed by atoms with Crippen molar-refractivity contribution in [2.45, 2.75) is 25.7 Å². The zero-order valence-corrected chi connectivity index (χ0v) is 9.23. The molecule has 1 aliphatic rings. The van der Waals surface area contributed by atoms with Crippen molar-refractivity contribution in [3.8, 4) is 0 Å². The van der Waals surface area contributed by atoms with Gasteiger partial charge in [0.15, 0.2) is 6.29 Å². The number of hydrogen-bond donors (Lipinski definition) is 1. The maximum Gasteiger partial charge on any atom is 0.166 e. The van der Waals surface area contributed by atoms with E-state index in [9.17, 15) is 4.79 Å². The first kappa shape index (κ1) is 10.9. The number of anilines is 1. The fourth-order valence-electron chi connectivity index (χ4n) is 2.08. The SMILES string of the molecule is O=C/C(=N\Nc1ccccc1)C1CCCC1. The molecule has 0 unspecified atom stereocenters. The monoisotopic (exact) mass is 216 g/mol. The average molecular weight is 216 g/mol. The molecule has 1 aromatic rings. The van der Waals surface area contributed by atoms with Crippen LogP contribution < -0.4 is 5.43 Å². The zero-order valence-electron chi connectivity index (χ0n) is 9.23. The number of para-hydroxylation sites is 1. The first-order valence-electron chi connectivity index (χ1n) is 5.74. The van der Waals surface area contributed by atoms with E-state index in [1.807, 2.05) is 30.3 Å².